The van der Waals surface area contributed by atoms with Crippen LogP contribution >= 0.6 is 11.8 Å². The Balaban J connectivity index is 3.03. The lowest BCUT2D eigenvalue weighted by molar-refractivity contribution is 0.101. The van der Waals surface area contributed by atoms with Gasteiger partial charge in [0.05, 0.1) is 17.4 Å². The van der Waals surface area contributed by atoms with Crippen molar-refractivity contribution in [2.45, 2.75) is 58.8 Å². The number of Topliss-reactive ketones (excluding diaryl/α,β-unsaturated/α-hetero) is 1. The zero-order valence-corrected chi connectivity index (χ0v) is 14.2. The van der Waals surface area contributed by atoms with Gasteiger partial charge in [-0.25, -0.2) is 0 Å². The molecular weight excluding hydrogens is 268 g/mol. The van der Waals surface area contributed by atoms with Gasteiger partial charge < -0.3 is 4.74 Å². The fraction of sp³-hybridized carbons (Fsp3) is 0.588. The van der Waals surface area contributed by atoms with Crippen LogP contribution in [-0.4, -0.2) is 22.9 Å². The van der Waals surface area contributed by atoms with Crippen molar-refractivity contribution >= 4 is 17.5 Å². The number of thioether (sulfide) groups is 1. The van der Waals surface area contributed by atoms with Crippen molar-refractivity contribution < 1.29 is 9.53 Å². The van der Waals surface area contributed by atoms with E-state index in [-0.39, 0.29) is 11.9 Å². The second-order valence-corrected chi connectivity index (χ2v) is 7.42. The van der Waals surface area contributed by atoms with E-state index in [0.29, 0.717) is 22.7 Å². The topological polar surface area (TPSA) is 26.3 Å². The molecule has 3 heteroatoms. The number of benzene rings is 1. The molecule has 0 bridgehead atoms. The van der Waals surface area contributed by atoms with Crippen LogP contribution < -0.4 is 4.74 Å². The molecule has 0 unspecified atom stereocenters. The number of ether oxygens (including phenoxy) is 1. The maximum atomic E-state index is 12.4. The Morgan fingerprint density at radius 2 is 1.80 bits per heavy atom. The minimum absolute atomic E-state index is 0.0733. The van der Waals surface area contributed by atoms with Gasteiger partial charge in [-0.2, -0.15) is 11.8 Å². The fourth-order valence-corrected chi connectivity index (χ4v) is 2.44. The molecule has 0 N–H and O–H groups in total. The van der Waals surface area contributed by atoms with E-state index in [9.17, 15) is 4.79 Å². The highest BCUT2D eigenvalue weighted by atomic mass is 32.2. The fourth-order valence-electron chi connectivity index (χ4n) is 1.80. The van der Waals surface area contributed by atoms with Crippen LogP contribution in [0.5, 0.6) is 5.75 Å². The first-order chi connectivity index (χ1) is 9.31. The molecule has 0 radical (unpaired) electrons. The van der Waals surface area contributed by atoms with Crippen molar-refractivity contribution in [3.05, 3.63) is 29.3 Å². The zero-order valence-electron chi connectivity index (χ0n) is 13.4. The third-order valence-electron chi connectivity index (χ3n) is 2.88. The average molecular weight is 294 g/mol. The van der Waals surface area contributed by atoms with Crippen LogP contribution in [0.3, 0.4) is 0 Å². The largest absolute Gasteiger partial charge is 0.490 e. The molecule has 0 saturated heterocycles. The molecule has 0 aliphatic carbocycles. The van der Waals surface area contributed by atoms with E-state index in [1.54, 1.807) is 11.8 Å². The van der Waals surface area contributed by atoms with Crippen LogP contribution in [0.25, 0.3) is 0 Å². The van der Waals surface area contributed by atoms with Crippen molar-refractivity contribution in [2.75, 3.05) is 5.75 Å². The summed E-state index contributed by atoms with van der Waals surface area (Å²) in [6.07, 6.45) is 0.0733. The molecule has 0 heterocycles. The lowest BCUT2D eigenvalue weighted by Gasteiger charge is -2.16. The molecule has 0 fully saturated rings. The summed E-state index contributed by atoms with van der Waals surface area (Å²) in [5, 5.41) is 0.460. The smallest absolute Gasteiger partial charge is 0.176 e. The van der Waals surface area contributed by atoms with E-state index in [1.807, 2.05) is 26.0 Å². The second kappa shape index (κ2) is 7.72. The summed E-state index contributed by atoms with van der Waals surface area (Å²) >= 11 is 1.67. The quantitative estimate of drug-likeness (QED) is 0.668. The first-order valence-electron chi connectivity index (χ1n) is 7.26. The van der Waals surface area contributed by atoms with Gasteiger partial charge in [0.2, 0.25) is 0 Å². The minimum Gasteiger partial charge on any atom is -0.490 e. The number of carbonyl (C=O) groups excluding carboxylic acids is 1. The van der Waals surface area contributed by atoms with Crippen molar-refractivity contribution in [1.82, 2.24) is 0 Å². The van der Waals surface area contributed by atoms with Crippen molar-refractivity contribution in [3.63, 3.8) is 0 Å². The summed E-state index contributed by atoms with van der Waals surface area (Å²) in [5.74, 6) is 1.78. The highest BCUT2D eigenvalue weighted by Gasteiger charge is 2.16. The van der Waals surface area contributed by atoms with Crippen molar-refractivity contribution in [2.24, 2.45) is 0 Å². The van der Waals surface area contributed by atoms with Gasteiger partial charge in [-0.05, 0) is 42.7 Å². The zero-order chi connectivity index (χ0) is 15.3. The van der Waals surface area contributed by atoms with Gasteiger partial charge in [0.15, 0.2) is 5.78 Å². The van der Waals surface area contributed by atoms with E-state index in [0.717, 1.165) is 5.56 Å². The first kappa shape index (κ1) is 17.1. The maximum Gasteiger partial charge on any atom is 0.176 e. The monoisotopic (exact) mass is 294 g/mol. The molecule has 0 aliphatic heterocycles. The number of hydrogen-bond donors (Lipinski definition) is 0. The van der Waals surface area contributed by atoms with Crippen LogP contribution in [0.2, 0.25) is 0 Å². The molecule has 1 aromatic rings. The van der Waals surface area contributed by atoms with Crippen LogP contribution in [0.15, 0.2) is 18.2 Å². The van der Waals surface area contributed by atoms with E-state index >= 15 is 0 Å². The molecule has 20 heavy (non-hydrogen) atoms. The molecule has 112 valence electrons. The normalized spacial score (nSPS) is 11.4. The summed E-state index contributed by atoms with van der Waals surface area (Å²) < 4.78 is 5.78. The Morgan fingerprint density at radius 1 is 1.15 bits per heavy atom. The van der Waals surface area contributed by atoms with E-state index in [1.165, 1.54) is 5.56 Å². The molecule has 0 aromatic heterocycles. The highest BCUT2D eigenvalue weighted by molar-refractivity contribution is 8.00. The van der Waals surface area contributed by atoms with Crippen LogP contribution in [0, 0.1) is 0 Å². The van der Waals surface area contributed by atoms with E-state index < -0.39 is 0 Å². The maximum absolute atomic E-state index is 12.4. The summed E-state index contributed by atoms with van der Waals surface area (Å²) in [5.41, 5.74) is 1.90. The second-order valence-electron chi connectivity index (χ2n) is 5.86. The lowest BCUT2D eigenvalue weighted by Crippen LogP contribution is -2.12. The number of ketones is 1. The van der Waals surface area contributed by atoms with Crippen molar-refractivity contribution in [3.8, 4) is 5.75 Å². The van der Waals surface area contributed by atoms with Crippen LogP contribution in [0.4, 0.5) is 0 Å². The van der Waals surface area contributed by atoms with Crippen LogP contribution in [0.1, 0.15) is 63.4 Å². The van der Waals surface area contributed by atoms with Crippen molar-refractivity contribution in [1.29, 1.82) is 0 Å². The van der Waals surface area contributed by atoms with E-state index in [2.05, 4.69) is 33.8 Å². The molecule has 0 saturated carbocycles. The molecule has 1 rings (SSSR count). The first-order valence-corrected chi connectivity index (χ1v) is 8.31. The van der Waals surface area contributed by atoms with Gasteiger partial charge in [0.1, 0.15) is 5.75 Å². The average Bonchev–Trinajstić information content (AvgIpc) is 2.35. The summed E-state index contributed by atoms with van der Waals surface area (Å²) in [7, 11) is 0. The Bertz CT molecular complexity index is 450. The predicted octanol–water partition coefficient (Wildman–Crippen LogP) is 4.92. The van der Waals surface area contributed by atoms with Gasteiger partial charge in [0.25, 0.3) is 0 Å². The highest BCUT2D eigenvalue weighted by Crippen LogP contribution is 2.27. The molecule has 0 atom stereocenters. The predicted molar refractivity (Wildman–Crippen MR) is 88.2 cm³/mol. The minimum atomic E-state index is 0.0733. The van der Waals surface area contributed by atoms with Gasteiger partial charge in [-0.15, -0.1) is 0 Å². The van der Waals surface area contributed by atoms with Gasteiger partial charge in [-0.1, -0.05) is 33.8 Å². The third-order valence-corrected chi connectivity index (χ3v) is 3.98. The summed E-state index contributed by atoms with van der Waals surface area (Å²) in [4.78, 5) is 12.4. The Morgan fingerprint density at radius 3 is 2.30 bits per heavy atom. The molecule has 0 aliphatic rings. The Labute approximate surface area is 127 Å². The van der Waals surface area contributed by atoms with Gasteiger partial charge in [-0.3, -0.25) is 4.79 Å². The Kier molecular flexibility index (Phi) is 6.60. The van der Waals surface area contributed by atoms with Crippen LogP contribution in [-0.2, 0) is 0 Å². The SMILES string of the molecule is CC(C)Oc1ccc(C(C)C)cc1C(=O)CSC(C)C. The molecule has 0 spiro atoms. The molecular formula is C17H26O2S. The third kappa shape index (κ3) is 5.20. The standard InChI is InChI=1S/C17H26O2S/c1-11(2)14-7-8-17(19-12(3)4)15(9-14)16(18)10-20-13(5)6/h7-9,11-13H,10H2,1-6H3. The van der Waals surface area contributed by atoms with E-state index in [4.69, 9.17) is 4.74 Å². The summed E-state index contributed by atoms with van der Waals surface area (Å²) in [6.45, 7) is 12.4. The molecule has 1 aromatic carbocycles. The number of hydrogen-bond acceptors (Lipinski definition) is 3. The molecule has 2 nitrogen and oxygen atoms in total. The van der Waals surface area contributed by atoms with Gasteiger partial charge >= 0.3 is 0 Å². The lowest BCUT2D eigenvalue weighted by atomic mass is 9.99. The van der Waals surface area contributed by atoms with Gasteiger partial charge in [0, 0.05) is 0 Å². The number of rotatable bonds is 7. The number of carbonyl (C=O) groups is 1. The Hall–Kier alpha value is -0.960. The molecule has 0 amide bonds. The summed E-state index contributed by atoms with van der Waals surface area (Å²) in [6, 6.07) is 5.98.